The second-order valence-electron chi connectivity index (χ2n) is 2.83. The van der Waals surface area contributed by atoms with Crippen LogP contribution < -0.4 is 4.74 Å². The van der Waals surface area contributed by atoms with Crippen molar-refractivity contribution in [1.29, 1.82) is 0 Å². The maximum atomic E-state index is 5.47. The molecule has 1 aromatic rings. The van der Waals surface area contributed by atoms with E-state index in [9.17, 15) is 0 Å². The van der Waals surface area contributed by atoms with Crippen LogP contribution in [0.2, 0.25) is 0 Å². The van der Waals surface area contributed by atoms with Crippen LogP contribution in [0.15, 0.2) is 18.2 Å². The first-order chi connectivity index (χ1) is 5.38. The molecule has 1 heteroatoms. The van der Waals surface area contributed by atoms with Crippen molar-refractivity contribution in [3.8, 4) is 5.75 Å². The lowest BCUT2D eigenvalue weighted by molar-refractivity contribution is 0.306. The van der Waals surface area contributed by atoms with Crippen molar-refractivity contribution < 1.29 is 4.74 Å². The molecule has 57 valence electrons. The molecule has 0 atom stereocenters. The van der Waals surface area contributed by atoms with E-state index < -0.39 is 0 Å². The molecule has 0 fully saturated rings. The molecule has 1 aromatic carbocycles. The number of fused-ring (bicyclic) bond motifs is 1. The van der Waals surface area contributed by atoms with E-state index in [-0.39, 0.29) is 0 Å². The van der Waals surface area contributed by atoms with Crippen LogP contribution in [-0.2, 0) is 0 Å². The van der Waals surface area contributed by atoms with Crippen LogP contribution in [-0.4, -0.2) is 6.61 Å². The Morgan fingerprint density at radius 3 is 3.09 bits per heavy atom. The van der Waals surface area contributed by atoms with Gasteiger partial charge in [0.25, 0.3) is 0 Å². The highest BCUT2D eigenvalue weighted by molar-refractivity contribution is 5.45. The van der Waals surface area contributed by atoms with Crippen molar-refractivity contribution in [3.05, 3.63) is 35.7 Å². The van der Waals surface area contributed by atoms with Gasteiger partial charge in [-0.05, 0) is 31.4 Å². The zero-order valence-electron chi connectivity index (χ0n) is 6.63. The average Bonchev–Trinajstić information content (AvgIpc) is 2.06. The van der Waals surface area contributed by atoms with Gasteiger partial charge in [-0.25, -0.2) is 0 Å². The molecule has 0 N–H and O–H groups in total. The standard InChI is InChI=1S/C10H11O/c1-8-4-2-6-10-9(8)5-3-7-11-10/h2,4-6H,3,7H2,1H3. The molecule has 0 aliphatic carbocycles. The minimum Gasteiger partial charge on any atom is -0.493 e. The van der Waals surface area contributed by atoms with Crippen molar-refractivity contribution in [3.63, 3.8) is 0 Å². The van der Waals surface area contributed by atoms with Gasteiger partial charge in [-0.15, -0.1) is 0 Å². The second-order valence-corrected chi connectivity index (χ2v) is 2.83. The van der Waals surface area contributed by atoms with Crippen LogP contribution in [0, 0.1) is 13.3 Å². The summed E-state index contributed by atoms with van der Waals surface area (Å²) >= 11 is 0. The molecule has 1 aliphatic heterocycles. The van der Waals surface area contributed by atoms with Crippen molar-refractivity contribution >= 4 is 0 Å². The minimum absolute atomic E-state index is 0.830. The Bertz CT molecular complexity index is 266. The highest BCUT2D eigenvalue weighted by Crippen LogP contribution is 2.27. The van der Waals surface area contributed by atoms with Crippen LogP contribution in [0.4, 0.5) is 0 Å². The van der Waals surface area contributed by atoms with E-state index in [1.165, 1.54) is 11.1 Å². The van der Waals surface area contributed by atoms with Gasteiger partial charge in [-0.2, -0.15) is 0 Å². The predicted molar refractivity (Wildman–Crippen MR) is 44.7 cm³/mol. The Labute approximate surface area is 67.0 Å². The molecule has 0 aromatic heterocycles. The normalized spacial score (nSPS) is 15.4. The summed E-state index contributed by atoms with van der Waals surface area (Å²) in [5.74, 6) is 1.04. The molecule has 1 radical (unpaired) electrons. The highest BCUT2D eigenvalue weighted by Gasteiger charge is 2.10. The molecule has 0 saturated carbocycles. The predicted octanol–water partition coefficient (Wildman–Crippen LogP) is 2.33. The Morgan fingerprint density at radius 1 is 1.36 bits per heavy atom. The quantitative estimate of drug-likeness (QED) is 0.547. The van der Waals surface area contributed by atoms with Gasteiger partial charge in [0.15, 0.2) is 0 Å². The summed E-state index contributed by atoms with van der Waals surface area (Å²) in [7, 11) is 0. The van der Waals surface area contributed by atoms with Crippen molar-refractivity contribution in [2.24, 2.45) is 0 Å². The highest BCUT2D eigenvalue weighted by atomic mass is 16.5. The average molecular weight is 147 g/mol. The van der Waals surface area contributed by atoms with E-state index in [1.807, 2.05) is 12.1 Å². The molecule has 2 rings (SSSR count). The maximum absolute atomic E-state index is 5.47. The number of benzene rings is 1. The van der Waals surface area contributed by atoms with E-state index in [4.69, 9.17) is 4.74 Å². The molecule has 0 spiro atoms. The van der Waals surface area contributed by atoms with Gasteiger partial charge in [0.2, 0.25) is 0 Å². The van der Waals surface area contributed by atoms with Crippen LogP contribution in [0.5, 0.6) is 5.75 Å². The summed E-state index contributed by atoms with van der Waals surface area (Å²) in [5.41, 5.74) is 2.58. The minimum atomic E-state index is 0.830. The third kappa shape index (κ3) is 1.11. The summed E-state index contributed by atoms with van der Waals surface area (Å²) in [6.45, 7) is 2.94. The Morgan fingerprint density at radius 2 is 2.27 bits per heavy atom. The van der Waals surface area contributed by atoms with E-state index in [1.54, 1.807) is 0 Å². The fourth-order valence-corrected chi connectivity index (χ4v) is 1.41. The summed E-state index contributed by atoms with van der Waals surface area (Å²) in [6, 6.07) is 6.18. The largest absolute Gasteiger partial charge is 0.493 e. The Kier molecular flexibility index (Phi) is 1.57. The zero-order chi connectivity index (χ0) is 7.68. The number of rotatable bonds is 0. The summed E-state index contributed by atoms with van der Waals surface area (Å²) in [6.07, 6.45) is 3.28. The lowest BCUT2D eigenvalue weighted by Crippen LogP contribution is -2.07. The van der Waals surface area contributed by atoms with Crippen molar-refractivity contribution in [2.75, 3.05) is 6.61 Å². The van der Waals surface area contributed by atoms with Gasteiger partial charge in [-0.1, -0.05) is 12.1 Å². The van der Waals surface area contributed by atoms with E-state index in [2.05, 4.69) is 19.4 Å². The monoisotopic (exact) mass is 147 g/mol. The first-order valence-corrected chi connectivity index (χ1v) is 3.93. The smallest absolute Gasteiger partial charge is 0.123 e. The van der Waals surface area contributed by atoms with E-state index >= 15 is 0 Å². The van der Waals surface area contributed by atoms with Crippen LogP contribution in [0.25, 0.3) is 0 Å². The van der Waals surface area contributed by atoms with Crippen LogP contribution in [0.3, 0.4) is 0 Å². The molecular formula is C10H11O. The zero-order valence-corrected chi connectivity index (χ0v) is 6.63. The van der Waals surface area contributed by atoms with Gasteiger partial charge in [0, 0.05) is 5.56 Å². The van der Waals surface area contributed by atoms with Gasteiger partial charge in [0.1, 0.15) is 5.75 Å². The molecule has 1 heterocycles. The molecule has 0 amide bonds. The first-order valence-electron chi connectivity index (χ1n) is 3.93. The van der Waals surface area contributed by atoms with Crippen LogP contribution >= 0.6 is 0 Å². The number of aryl methyl sites for hydroxylation is 1. The topological polar surface area (TPSA) is 9.23 Å². The number of hydrogen-bond acceptors (Lipinski definition) is 1. The molecular weight excluding hydrogens is 136 g/mol. The Balaban J connectivity index is 2.49. The fraction of sp³-hybridized carbons (Fsp3) is 0.300. The SMILES string of the molecule is Cc1cccc2c1[CH]CCO2. The molecule has 1 aliphatic rings. The first kappa shape index (κ1) is 6.71. The van der Waals surface area contributed by atoms with Crippen molar-refractivity contribution in [1.82, 2.24) is 0 Å². The van der Waals surface area contributed by atoms with Gasteiger partial charge >= 0.3 is 0 Å². The van der Waals surface area contributed by atoms with Crippen LogP contribution in [0.1, 0.15) is 17.5 Å². The third-order valence-electron chi connectivity index (χ3n) is 2.01. The lowest BCUT2D eigenvalue weighted by Gasteiger charge is -2.18. The van der Waals surface area contributed by atoms with E-state index in [0.29, 0.717) is 0 Å². The van der Waals surface area contributed by atoms with Crippen molar-refractivity contribution in [2.45, 2.75) is 13.3 Å². The molecule has 1 nitrogen and oxygen atoms in total. The molecule has 0 unspecified atom stereocenters. The summed E-state index contributed by atoms with van der Waals surface area (Å²) in [4.78, 5) is 0. The van der Waals surface area contributed by atoms with Gasteiger partial charge in [0.05, 0.1) is 6.61 Å². The lowest BCUT2D eigenvalue weighted by atomic mass is 10.0. The maximum Gasteiger partial charge on any atom is 0.123 e. The molecule has 11 heavy (non-hydrogen) atoms. The number of hydrogen-bond donors (Lipinski definition) is 0. The van der Waals surface area contributed by atoms with Gasteiger partial charge < -0.3 is 4.74 Å². The van der Waals surface area contributed by atoms with Gasteiger partial charge in [-0.3, -0.25) is 0 Å². The molecule has 0 bridgehead atoms. The second kappa shape index (κ2) is 2.57. The number of ether oxygens (including phenoxy) is 1. The fourth-order valence-electron chi connectivity index (χ4n) is 1.41. The van der Waals surface area contributed by atoms with E-state index in [0.717, 1.165) is 18.8 Å². The third-order valence-corrected chi connectivity index (χ3v) is 2.01. The Hall–Kier alpha value is -0.980. The molecule has 0 saturated heterocycles. The summed E-state index contributed by atoms with van der Waals surface area (Å²) in [5, 5.41) is 0. The summed E-state index contributed by atoms with van der Waals surface area (Å²) < 4.78 is 5.47.